The zero-order valence-electron chi connectivity index (χ0n) is 8.22. The van der Waals surface area contributed by atoms with Crippen LogP contribution in [-0.2, 0) is 12.3 Å². The van der Waals surface area contributed by atoms with Gasteiger partial charge in [-0.3, -0.25) is 0 Å². The first-order chi connectivity index (χ1) is 6.81. The molecule has 1 aromatic rings. The molecule has 0 saturated carbocycles. The average molecular weight is 294 g/mol. The van der Waals surface area contributed by atoms with E-state index in [4.69, 9.17) is 11.6 Å². The second kappa shape index (κ2) is 6.76. The first kappa shape index (κ1) is 12.4. The van der Waals surface area contributed by atoms with Crippen molar-refractivity contribution in [3.05, 3.63) is 29.3 Å². The molecule has 0 radical (unpaired) electrons. The number of halogens is 2. The van der Waals surface area contributed by atoms with Gasteiger partial charge in [-0.05, 0) is 36.3 Å². The highest BCUT2D eigenvalue weighted by molar-refractivity contribution is 9.09. The van der Waals surface area contributed by atoms with Crippen LogP contribution in [0.2, 0.25) is 0 Å². The Bertz CT molecular complexity index is 289. The highest BCUT2D eigenvalue weighted by atomic mass is 79.9. The van der Waals surface area contributed by atoms with Gasteiger partial charge in [0.1, 0.15) is 0 Å². The summed E-state index contributed by atoms with van der Waals surface area (Å²) in [7, 11) is 0. The summed E-state index contributed by atoms with van der Waals surface area (Å²) < 4.78 is 0. The van der Waals surface area contributed by atoms with E-state index in [1.807, 2.05) is 0 Å². The Balaban J connectivity index is 2.84. The molecule has 0 bridgehead atoms. The third-order valence-electron chi connectivity index (χ3n) is 2.08. The van der Waals surface area contributed by atoms with E-state index in [1.165, 1.54) is 22.4 Å². The van der Waals surface area contributed by atoms with Gasteiger partial charge in [0.05, 0.1) is 0 Å². The van der Waals surface area contributed by atoms with E-state index in [0.717, 1.165) is 11.8 Å². The van der Waals surface area contributed by atoms with Crippen molar-refractivity contribution in [2.75, 3.05) is 11.6 Å². The molecule has 1 rings (SSSR count). The molecule has 0 saturated heterocycles. The van der Waals surface area contributed by atoms with Crippen LogP contribution in [-0.4, -0.2) is 11.6 Å². The van der Waals surface area contributed by atoms with Gasteiger partial charge >= 0.3 is 0 Å². The molecule has 0 fully saturated rings. The Labute approximate surface area is 104 Å². The molecular formula is C11H14BrClS. The number of aryl methyl sites for hydroxylation is 1. The number of alkyl halides is 2. The Morgan fingerprint density at radius 1 is 1.43 bits per heavy atom. The van der Waals surface area contributed by atoms with Crippen molar-refractivity contribution in [3.63, 3.8) is 0 Å². The lowest BCUT2D eigenvalue weighted by Gasteiger charge is -2.08. The number of rotatable bonds is 5. The van der Waals surface area contributed by atoms with Gasteiger partial charge in [0, 0.05) is 16.1 Å². The number of benzene rings is 1. The van der Waals surface area contributed by atoms with E-state index in [2.05, 4.69) is 40.4 Å². The molecule has 3 heteroatoms. The molecule has 0 unspecified atom stereocenters. The minimum atomic E-state index is 0.607. The van der Waals surface area contributed by atoms with Crippen LogP contribution in [0.3, 0.4) is 0 Å². The lowest BCUT2D eigenvalue weighted by Crippen LogP contribution is -1.91. The van der Waals surface area contributed by atoms with Crippen LogP contribution in [0.25, 0.3) is 0 Å². The van der Waals surface area contributed by atoms with Crippen LogP contribution in [0.4, 0.5) is 0 Å². The van der Waals surface area contributed by atoms with E-state index in [0.29, 0.717) is 5.88 Å². The number of hydrogen-bond acceptors (Lipinski definition) is 1. The molecule has 78 valence electrons. The molecule has 0 atom stereocenters. The van der Waals surface area contributed by atoms with Gasteiger partial charge in [-0.2, -0.15) is 0 Å². The fourth-order valence-electron chi connectivity index (χ4n) is 1.37. The van der Waals surface area contributed by atoms with E-state index < -0.39 is 0 Å². The third kappa shape index (κ3) is 3.48. The molecule has 0 N–H and O–H groups in total. The largest absolute Gasteiger partial charge is 0.129 e. The zero-order chi connectivity index (χ0) is 10.4. The van der Waals surface area contributed by atoms with Crippen LogP contribution < -0.4 is 0 Å². The predicted molar refractivity (Wildman–Crippen MR) is 69.9 cm³/mol. The van der Waals surface area contributed by atoms with Crippen molar-refractivity contribution < 1.29 is 0 Å². The van der Waals surface area contributed by atoms with Crippen molar-refractivity contribution in [1.29, 1.82) is 0 Å². The Kier molecular flexibility index (Phi) is 5.99. The normalized spacial score (nSPS) is 10.5. The van der Waals surface area contributed by atoms with E-state index in [1.54, 1.807) is 11.8 Å². The van der Waals surface area contributed by atoms with E-state index in [-0.39, 0.29) is 0 Å². The fraction of sp³-hybridized carbons (Fsp3) is 0.455. The van der Waals surface area contributed by atoms with Crippen molar-refractivity contribution in [1.82, 2.24) is 0 Å². The summed E-state index contributed by atoms with van der Waals surface area (Å²) in [5.74, 6) is 0.607. The van der Waals surface area contributed by atoms with Crippen LogP contribution in [0, 0.1) is 0 Å². The highest BCUT2D eigenvalue weighted by Gasteiger charge is 2.02. The fourth-order valence-corrected chi connectivity index (χ4v) is 2.44. The molecule has 0 spiro atoms. The minimum absolute atomic E-state index is 0.607. The summed E-state index contributed by atoms with van der Waals surface area (Å²) in [4.78, 5) is 1.37. The maximum absolute atomic E-state index is 5.81. The maximum Gasteiger partial charge on any atom is 0.0474 e. The van der Waals surface area contributed by atoms with Gasteiger partial charge in [0.2, 0.25) is 0 Å². The second-order valence-corrected chi connectivity index (χ2v) is 4.98. The minimum Gasteiger partial charge on any atom is -0.129 e. The highest BCUT2D eigenvalue weighted by Crippen LogP contribution is 2.23. The molecule has 14 heavy (non-hydrogen) atoms. The Hall–Kier alpha value is 0.340. The van der Waals surface area contributed by atoms with Gasteiger partial charge in [0.25, 0.3) is 0 Å². The molecule has 0 heterocycles. The molecule has 0 aromatic heterocycles. The smallest absolute Gasteiger partial charge is 0.0474 e. The summed E-state index contributed by atoms with van der Waals surface area (Å²) in [5.41, 5.74) is 2.64. The SMILES string of the molecule is CSc1ccc(CCl)cc1CCCBr. The first-order valence-electron chi connectivity index (χ1n) is 4.59. The van der Waals surface area contributed by atoms with Crippen molar-refractivity contribution in [2.24, 2.45) is 0 Å². The molecular weight excluding hydrogens is 280 g/mol. The second-order valence-electron chi connectivity index (χ2n) is 3.07. The summed E-state index contributed by atoms with van der Waals surface area (Å²) >= 11 is 11.1. The van der Waals surface area contributed by atoms with Gasteiger partial charge < -0.3 is 0 Å². The monoisotopic (exact) mass is 292 g/mol. The summed E-state index contributed by atoms with van der Waals surface area (Å²) in [6.45, 7) is 0. The zero-order valence-corrected chi connectivity index (χ0v) is 11.4. The van der Waals surface area contributed by atoms with Crippen LogP contribution in [0.5, 0.6) is 0 Å². The first-order valence-corrected chi connectivity index (χ1v) is 7.47. The van der Waals surface area contributed by atoms with Gasteiger partial charge in [-0.15, -0.1) is 23.4 Å². The quantitative estimate of drug-likeness (QED) is 0.570. The van der Waals surface area contributed by atoms with E-state index >= 15 is 0 Å². The van der Waals surface area contributed by atoms with Crippen LogP contribution in [0.15, 0.2) is 23.1 Å². The topological polar surface area (TPSA) is 0 Å². The van der Waals surface area contributed by atoms with Crippen LogP contribution >= 0.6 is 39.3 Å². The molecule has 0 nitrogen and oxygen atoms in total. The van der Waals surface area contributed by atoms with Crippen molar-refractivity contribution in [2.45, 2.75) is 23.6 Å². The van der Waals surface area contributed by atoms with Crippen molar-refractivity contribution >= 4 is 39.3 Å². The Morgan fingerprint density at radius 3 is 2.79 bits per heavy atom. The lowest BCUT2D eigenvalue weighted by atomic mass is 10.1. The molecule has 0 aliphatic carbocycles. The Morgan fingerprint density at radius 2 is 2.21 bits per heavy atom. The van der Waals surface area contributed by atoms with E-state index in [9.17, 15) is 0 Å². The molecule has 0 aliphatic heterocycles. The summed E-state index contributed by atoms with van der Waals surface area (Å²) in [6, 6.07) is 6.50. The summed E-state index contributed by atoms with van der Waals surface area (Å²) in [6.07, 6.45) is 4.43. The number of hydrogen-bond donors (Lipinski definition) is 0. The molecule has 1 aromatic carbocycles. The molecule has 0 aliphatic rings. The standard InChI is InChI=1S/C11H14BrClS/c1-14-11-5-4-9(8-13)7-10(11)3-2-6-12/h4-5,7H,2-3,6,8H2,1H3. The predicted octanol–water partition coefficient (Wildman–Crippen LogP) is 4.47. The van der Waals surface area contributed by atoms with Gasteiger partial charge in [-0.1, -0.05) is 28.1 Å². The summed E-state index contributed by atoms with van der Waals surface area (Å²) in [5, 5.41) is 1.06. The van der Waals surface area contributed by atoms with Crippen molar-refractivity contribution in [3.8, 4) is 0 Å². The lowest BCUT2D eigenvalue weighted by molar-refractivity contribution is 0.914. The number of thioether (sulfide) groups is 1. The van der Waals surface area contributed by atoms with Gasteiger partial charge in [0.15, 0.2) is 0 Å². The van der Waals surface area contributed by atoms with Crippen LogP contribution in [0.1, 0.15) is 17.5 Å². The molecule has 0 amide bonds. The third-order valence-corrected chi connectivity index (χ3v) is 3.79. The average Bonchev–Trinajstić information content (AvgIpc) is 2.25. The van der Waals surface area contributed by atoms with Gasteiger partial charge in [-0.25, -0.2) is 0 Å². The maximum atomic E-state index is 5.81.